The molecule has 1 saturated carbocycles. The van der Waals surface area contributed by atoms with Crippen molar-refractivity contribution >= 4 is 28.4 Å². The number of nitrogen functional groups attached to an aromatic ring is 1. The van der Waals surface area contributed by atoms with Gasteiger partial charge in [-0.2, -0.15) is 5.10 Å². The predicted octanol–water partition coefficient (Wildman–Crippen LogP) is 3.50. The molecule has 0 aliphatic heterocycles. The molecular formula is C22H21F3N8O. The number of hydrogen-bond acceptors (Lipinski definition) is 6. The van der Waals surface area contributed by atoms with Gasteiger partial charge in [0.15, 0.2) is 23.2 Å². The van der Waals surface area contributed by atoms with Crippen molar-refractivity contribution in [2.75, 3.05) is 11.1 Å². The molecular weight excluding hydrogens is 449 g/mol. The van der Waals surface area contributed by atoms with Crippen LogP contribution in [0.5, 0.6) is 0 Å². The molecule has 0 unspecified atom stereocenters. The van der Waals surface area contributed by atoms with Crippen molar-refractivity contribution in [3.8, 4) is 11.4 Å². The summed E-state index contributed by atoms with van der Waals surface area (Å²) in [7, 11) is 0. The summed E-state index contributed by atoms with van der Waals surface area (Å²) in [6.45, 7) is 0. The minimum atomic E-state index is -0.741. The van der Waals surface area contributed by atoms with Gasteiger partial charge >= 0.3 is 0 Å². The second-order valence-corrected chi connectivity index (χ2v) is 8.29. The molecule has 1 aliphatic rings. The first-order valence-corrected chi connectivity index (χ1v) is 10.7. The molecule has 4 aromatic rings. The Balaban J connectivity index is 1.33. The summed E-state index contributed by atoms with van der Waals surface area (Å²) in [5, 5.41) is 12.7. The molecule has 1 amide bonds. The highest BCUT2D eigenvalue weighted by Crippen LogP contribution is 2.30. The second-order valence-electron chi connectivity index (χ2n) is 8.29. The van der Waals surface area contributed by atoms with Crippen LogP contribution in [0.2, 0.25) is 0 Å². The van der Waals surface area contributed by atoms with Crippen LogP contribution in [0.1, 0.15) is 36.2 Å². The summed E-state index contributed by atoms with van der Waals surface area (Å²) < 4.78 is 42.3. The molecule has 0 bridgehead atoms. The molecule has 3 heterocycles. The summed E-state index contributed by atoms with van der Waals surface area (Å²) in [6, 6.07) is 3.11. The number of carbonyl (C=O) groups excluding carboxylic acids is 1. The lowest BCUT2D eigenvalue weighted by atomic mass is 9.91. The normalized spacial score (nSPS) is 18.2. The minimum absolute atomic E-state index is 0.0201. The number of nitrogens with one attached hydrogen (secondary N) is 4. The van der Waals surface area contributed by atoms with E-state index in [0.717, 1.165) is 31.5 Å². The smallest absolute Gasteiger partial charge is 0.272 e. The van der Waals surface area contributed by atoms with Gasteiger partial charge in [-0.3, -0.25) is 9.89 Å². The third-order valence-electron chi connectivity index (χ3n) is 5.87. The van der Waals surface area contributed by atoms with Crippen molar-refractivity contribution in [3.05, 3.63) is 53.7 Å². The van der Waals surface area contributed by atoms with Crippen LogP contribution in [0.4, 0.5) is 24.8 Å². The SMILES string of the molecule is Nc1cc(C(=O)N[C@@H]2CCC[C@H](Nc3nc(-c4c[nH]c5c(F)cc(F)cc45)ncc3F)C2)n[nH]1. The number of nitrogens with two attached hydrogens (primary N) is 1. The van der Waals surface area contributed by atoms with Crippen LogP contribution in [0.15, 0.2) is 30.6 Å². The second kappa shape index (κ2) is 8.69. The Labute approximate surface area is 191 Å². The molecule has 1 fully saturated rings. The molecule has 1 aliphatic carbocycles. The number of aromatic amines is 2. The molecule has 9 nitrogen and oxygen atoms in total. The van der Waals surface area contributed by atoms with Gasteiger partial charge in [0, 0.05) is 41.4 Å². The molecule has 0 spiro atoms. The lowest BCUT2D eigenvalue weighted by molar-refractivity contribution is 0.0921. The van der Waals surface area contributed by atoms with E-state index in [2.05, 4.69) is 35.8 Å². The highest BCUT2D eigenvalue weighted by Gasteiger charge is 2.26. The molecule has 176 valence electrons. The molecule has 6 N–H and O–H groups in total. The average molecular weight is 470 g/mol. The van der Waals surface area contributed by atoms with E-state index < -0.39 is 17.5 Å². The summed E-state index contributed by atoms with van der Waals surface area (Å²) in [5.41, 5.74) is 6.23. The van der Waals surface area contributed by atoms with Crippen molar-refractivity contribution in [1.82, 2.24) is 30.5 Å². The molecule has 2 atom stereocenters. The topological polar surface area (TPSA) is 137 Å². The third-order valence-corrected chi connectivity index (χ3v) is 5.87. The Hall–Kier alpha value is -4.09. The highest BCUT2D eigenvalue weighted by molar-refractivity contribution is 5.94. The first-order chi connectivity index (χ1) is 16.4. The zero-order valence-corrected chi connectivity index (χ0v) is 17.8. The van der Waals surface area contributed by atoms with Gasteiger partial charge in [-0.25, -0.2) is 23.1 Å². The lowest BCUT2D eigenvalue weighted by Gasteiger charge is -2.30. The first kappa shape index (κ1) is 21.7. The summed E-state index contributed by atoms with van der Waals surface area (Å²) in [4.78, 5) is 23.4. The van der Waals surface area contributed by atoms with Crippen LogP contribution in [0.3, 0.4) is 0 Å². The molecule has 5 rings (SSSR count). The average Bonchev–Trinajstić information content (AvgIpc) is 3.42. The van der Waals surface area contributed by atoms with Crippen LogP contribution < -0.4 is 16.4 Å². The Kier molecular flexibility index (Phi) is 5.56. The fourth-order valence-electron chi connectivity index (χ4n) is 4.30. The van der Waals surface area contributed by atoms with E-state index in [4.69, 9.17) is 5.73 Å². The van der Waals surface area contributed by atoms with Crippen molar-refractivity contribution in [3.63, 3.8) is 0 Å². The van der Waals surface area contributed by atoms with E-state index in [9.17, 15) is 18.0 Å². The zero-order chi connectivity index (χ0) is 23.8. The molecule has 34 heavy (non-hydrogen) atoms. The van der Waals surface area contributed by atoms with Gasteiger partial charge in [0.25, 0.3) is 5.91 Å². The molecule has 1 aromatic carbocycles. The van der Waals surface area contributed by atoms with Crippen LogP contribution in [-0.4, -0.2) is 43.1 Å². The highest BCUT2D eigenvalue weighted by atomic mass is 19.1. The Bertz CT molecular complexity index is 1370. The maximum absolute atomic E-state index is 14.5. The third kappa shape index (κ3) is 4.26. The van der Waals surface area contributed by atoms with Gasteiger partial charge < -0.3 is 21.4 Å². The number of carbonyl (C=O) groups is 1. The van der Waals surface area contributed by atoms with E-state index >= 15 is 0 Å². The fraction of sp³-hybridized carbons (Fsp3) is 0.273. The number of amides is 1. The van der Waals surface area contributed by atoms with Gasteiger partial charge in [-0.15, -0.1) is 0 Å². The Morgan fingerprint density at radius 2 is 1.94 bits per heavy atom. The van der Waals surface area contributed by atoms with Crippen LogP contribution in [0, 0.1) is 17.5 Å². The van der Waals surface area contributed by atoms with Gasteiger partial charge in [0.2, 0.25) is 0 Å². The number of hydrogen-bond donors (Lipinski definition) is 5. The maximum atomic E-state index is 14.5. The molecule has 12 heteroatoms. The lowest BCUT2D eigenvalue weighted by Crippen LogP contribution is -2.42. The quantitative estimate of drug-likeness (QED) is 0.303. The van der Waals surface area contributed by atoms with Crippen LogP contribution in [0.25, 0.3) is 22.3 Å². The number of H-pyrrole nitrogens is 2. The zero-order valence-electron chi connectivity index (χ0n) is 17.8. The molecule has 0 saturated heterocycles. The number of fused-ring (bicyclic) bond motifs is 1. The van der Waals surface area contributed by atoms with Gasteiger partial charge in [0.1, 0.15) is 17.5 Å². The van der Waals surface area contributed by atoms with E-state index in [1.807, 2.05) is 0 Å². The number of benzene rings is 1. The minimum Gasteiger partial charge on any atom is -0.384 e. The van der Waals surface area contributed by atoms with E-state index in [0.29, 0.717) is 17.8 Å². The van der Waals surface area contributed by atoms with Crippen molar-refractivity contribution in [1.29, 1.82) is 0 Å². The van der Waals surface area contributed by atoms with Gasteiger partial charge in [-0.1, -0.05) is 0 Å². The number of aromatic nitrogens is 5. The standard InChI is InChI=1S/C22H21F3N8O/c23-10-4-13-14(8-27-19(13)15(24)5-10)20-28-9-16(25)21(31-20)29-11-2-1-3-12(6-11)30-22(34)17-7-18(26)33-32-17/h4-5,7-9,11-12,27H,1-3,6H2,(H,30,34)(H3,26,32,33)(H,28,29,31)/t11-,12+/m0/s1. The number of rotatable bonds is 5. The molecule has 0 radical (unpaired) electrons. The predicted molar refractivity (Wildman–Crippen MR) is 119 cm³/mol. The maximum Gasteiger partial charge on any atom is 0.272 e. The van der Waals surface area contributed by atoms with Crippen molar-refractivity contribution in [2.45, 2.75) is 37.8 Å². The van der Waals surface area contributed by atoms with Crippen molar-refractivity contribution < 1.29 is 18.0 Å². The Morgan fingerprint density at radius 3 is 2.74 bits per heavy atom. The molecule has 3 aromatic heterocycles. The fourth-order valence-corrected chi connectivity index (χ4v) is 4.30. The Morgan fingerprint density at radius 1 is 1.12 bits per heavy atom. The van der Waals surface area contributed by atoms with E-state index in [1.165, 1.54) is 18.3 Å². The summed E-state index contributed by atoms with van der Waals surface area (Å²) >= 11 is 0. The summed E-state index contributed by atoms with van der Waals surface area (Å²) in [5.74, 6) is -2.07. The van der Waals surface area contributed by atoms with Gasteiger partial charge in [-0.05, 0) is 31.7 Å². The van der Waals surface area contributed by atoms with Crippen LogP contribution in [-0.2, 0) is 0 Å². The van der Waals surface area contributed by atoms with Gasteiger partial charge in [0.05, 0.1) is 11.7 Å². The monoisotopic (exact) mass is 470 g/mol. The van der Waals surface area contributed by atoms with E-state index in [-0.39, 0.29) is 46.2 Å². The number of anilines is 2. The largest absolute Gasteiger partial charge is 0.384 e. The summed E-state index contributed by atoms with van der Waals surface area (Å²) in [6.07, 6.45) is 5.36. The van der Waals surface area contributed by atoms with Crippen LogP contribution >= 0.6 is 0 Å². The van der Waals surface area contributed by atoms with E-state index in [1.54, 1.807) is 0 Å². The number of nitrogens with zero attached hydrogens (tertiary/aromatic N) is 3. The van der Waals surface area contributed by atoms with Crippen molar-refractivity contribution in [2.24, 2.45) is 0 Å². The first-order valence-electron chi connectivity index (χ1n) is 10.7. The number of halogens is 3.